The fourth-order valence-corrected chi connectivity index (χ4v) is 2.44. The topological polar surface area (TPSA) is 27.3 Å². The fourth-order valence-electron chi connectivity index (χ4n) is 2.44. The average Bonchev–Trinajstić information content (AvgIpc) is 2.20. The van der Waals surface area contributed by atoms with Crippen molar-refractivity contribution in [3.63, 3.8) is 0 Å². The van der Waals surface area contributed by atoms with Gasteiger partial charge >= 0.3 is 0 Å². The summed E-state index contributed by atoms with van der Waals surface area (Å²) in [5.74, 6) is 0. The molecule has 2 aliphatic heterocycles. The van der Waals surface area contributed by atoms with E-state index in [0.717, 1.165) is 13.1 Å². The second-order valence-corrected chi connectivity index (χ2v) is 4.26. The standard InChI is InChI=1S/C10H21N3/c1-9-8-11-6-7-13(9)10-4-2-3-5-12-10/h9-12H,2-8H2,1H3. The molecule has 3 heteroatoms. The summed E-state index contributed by atoms with van der Waals surface area (Å²) in [5, 5.41) is 7.05. The minimum Gasteiger partial charge on any atom is -0.314 e. The molecule has 2 atom stereocenters. The van der Waals surface area contributed by atoms with Gasteiger partial charge in [0.25, 0.3) is 0 Å². The lowest BCUT2D eigenvalue weighted by molar-refractivity contribution is 0.0774. The molecule has 2 aliphatic rings. The molecule has 76 valence electrons. The Kier molecular flexibility index (Phi) is 3.19. The van der Waals surface area contributed by atoms with Crippen molar-refractivity contribution >= 4 is 0 Å². The van der Waals surface area contributed by atoms with E-state index in [1.165, 1.54) is 32.4 Å². The normalized spacial score (nSPS) is 37.6. The first-order chi connectivity index (χ1) is 6.38. The Bertz CT molecular complexity index is 154. The number of piperazine rings is 1. The fraction of sp³-hybridized carbons (Fsp3) is 1.00. The summed E-state index contributed by atoms with van der Waals surface area (Å²) in [4.78, 5) is 2.62. The van der Waals surface area contributed by atoms with Crippen LogP contribution in [0.25, 0.3) is 0 Å². The molecule has 2 saturated heterocycles. The van der Waals surface area contributed by atoms with Crippen LogP contribution in [0.15, 0.2) is 0 Å². The summed E-state index contributed by atoms with van der Waals surface area (Å²) in [6, 6.07) is 0.698. The van der Waals surface area contributed by atoms with Crippen LogP contribution in [0.3, 0.4) is 0 Å². The zero-order valence-corrected chi connectivity index (χ0v) is 8.55. The van der Waals surface area contributed by atoms with Crippen molar-refractivity contribution < 1.29 is 0 Å². The van der Waals surface area contributed by atoms with Crippen LogP contribution in [0, 0.1) is 0 Å². The van der Waals surface area contributed by atoms with E-state index >= 15 is 0 Å². The van der Waals surface area contributed by atoms with Crippen LogP contribution in [0.5, 0.6) is 0 Å². The van der Waals surface area contributed by atoms with Crippen LogP contribution in [0.2, 0.25) is 0 Å². The van der Waals surface area contributed by atoms with Crippen LogP contribution in [0.1, 0.15) is 26.2 Å². The van der Waals surface area contributed by atoms with Gasteiger partial charge in [0, 0.05) is 25.7 Å². The maximum Gasteiger partial charge on any atom is 0.0600 e. The van der Waals surface area contributed by atoms with Crippen molar-refractivity contribution in [2.45, 2.75) is 38.4 Å². The number of nitrogens with zero attached hydrogens (tertiary/aromatic N) is 1. The molecule has 0 bridgehead atoms. The highest BCUT2D eigenvalue weighted by Crippen LogP contribution is 2.14. The van der Waals surface area contributed by atoms with E-state index in [1.54, 1.807) is 0 Å². The Hall–Kier alpha value is -0.120. The Balaban J connectivity index is 1.88. The second kappa shape index (κ2) is 4.40. The van der Waals surface area contributed by atoms with Crippen LogP contribution in [0.4, 0.5) is 0 Å². The molecule has 0 saturated carbocycles. The smallest absolute Gasteiger partial charge is 0.0600 e. The molecule has 0 aromatic heterocycles. The molecule has 2 fully saturated rings. The van der Waals surface area contributed by atoms with Crippen LogP contribution in [-0.4, -0.2) is 43.3 Å². The highest BCUT2D eigenvalue weighted by Gasteiger charge is 2.26. The average molecular weight is 183 g/mol. The third-order valence-corrected chi connectivity index (χ3v) is 3.24. The minimum atomic E-state index is 0.658. The lowest BCUT2D eigenvalue weighted by Gasteiger charge is -2.41. The molecule has 0 radical (unpaired) electrons. The third-order valence-electron chi connectivity index (χ3n) is 3.24. The summed E-state index contributed by atoms with van der Waals surface area (Å²) in [6.07, 6.45) is 4.75. The van der Waals surface area contributed by atoms with Gasteiger partial charge in [-0.15, -0.1) is 0 Å². The first kappa shape index (κ1) is 9.44. The molecular weight excluding hydrogens is 162 g/mol. The van der Waals surface area contributed by atoms with Crippen LogP contribution < -0.4 is 10.6 Å². The van der Waals surface area contributed by atoms with Gasteiger partial charge in [0.2, 0.25) is 0 Å². The molecule has 2 unspecified atom stereocenters. The molecule has 0 spiro atoms. The number of piperidine rings is 1. The molecule has 0 amide bonds. The maximum absolute atomic E-state index is 3.62. The molecule has 3 nitrogen and oxygen atoms in total. The van der Waals surface area contributed by atoms with Gasteiger partial charge in [-0.3, -0.25) is 4.90 Å². The van der Waals surface area contributed by atoms with Gasteiger partial charge in [-0.25, -0.2) is 0 Å². The zero-order chi connectivity index (χ0) is 9.10. The summed E-state index contributed by atoms with van der Waals surface area (Å²) >= 11 is 0. The Labute approximate surface area is 80.9 Å². The lowest BCUT2D eigenvalue weighted by Crippen LogP contribution is -2.59. The Morgan fingerprint density at radius 3 is 2.85 bits per heavy atom. The molecule has 2 N–H and O–H groups in total. The minimum absolute atomic E-state index is 0.658. The lowest BCUT2D eigenvalue weighted by atomic mass is 10.1. The molecule has 2 rings (SSSR count). The third kappa shape index (κ3) is 2.22. The first-order valence-corrected chi connectivity index (χ1v) is 5.58. The number of rotatable bonds is 1. The van der Waals surface area contributed by atoms with Gasteiger partial charge in [0.05, 0.1) is 6.17 Å². The van der Waals surface area contributed by atoms with Crippen LogP contribution >= 0.6 is 0 Å². The molecule has 0 aromatic carbocycles. The van der Waals surface area contributed by atoms with Crippen molar-refractivity contribution in [3.8, 4) is 0 Å². The monoisotopic (exact) mass is 183 g/mol. The van der Waals surface area contributed by atoms with Gasteiger partial charge in [-0.05, 0) is 32.7 Å². The van der Waals surface area contributed by atoms with Crippen LogP contribution in [-0.2, 0) is 0 Å². The summed E-state index contributed by atoms with van der Waals surface area (Å²) in [6.45, 7) is 7.04. The van der Waals surface area contributed by atoms with Gasteiger partial charge in [0.1, 0.15) is 0 Å². The predicted octanol–water partition coefficient (Wildman–Crippen LogP) is 0.380. The van der Waals surface area contributed by atoms with E-state index in [4.69, 9.17) is 0 Å². The maximum atomic E-state index is 3.62. The molecule has 13 heavy (non-hydrogen) atoms. The molecular formula is C10H21N3. The van der Waals surface area contributed by atoms with Gasteiger partial charge in [0.15, 0.2) is 0 Å². The van der Waals surface area contributed by atoms with E-state index in [2.05, 4.69) is 22.5 Å². The van der Waals surface area contributed by atoms with E-state index in [-0.39, 0.29) is 0 Å². The highest BCUT2D eigenvalue weighted by atomic mass is 15.3. The van der Waals surface area contributed by atoms with E-state index < -0.39 is 0 Å². The van der Waals surface area contributed by atoms with E-state index in [0.29, 0.717) is 12.2 Å². The largest absolute Gasteiger partial charge is 0.314 e. The zero-order valence-electron chi connectivity index (χ0n) is 8.55. The summed E-state index contributed by atoms with van der Waals surface area (Å²) in [5.41, 5.74) is 0. The summed E-state index contributed by atoms with van der Waals surface area (Å²) < 4.78 is 0. The van der Waals surface area contributed by atoms with Crippen molar-refractivity contribution in [2.75, 3.05) is 26.2 Å². The Morgan fingerprint density at radius 2 is 2.15 bits per heavy atom. The molecule has 0 aliphatic carbocycles. The van der Waals surface area contributed by atoms with E-state index in [9.17, 15) is 0 Å². The number of hydrogen-bond donors (Lipinski definition) is 2. The van der Waals surface area contributed by atoms with Gasteiger partial charge < -0.3 is 10.6 Å². The van der Waals surface area contributed by atoms with E-state index in [1.807, 2.05) is 0 Å². The second-order valence-electron chi connectivity index (χ2n) is 4.26. The van der Waals surface area contributed by atoms with Gasteiger partial charge in [-0.2, -0.15) is 0 Å². The number of nitrogens with one attached hydrogen (secondary N) is 2. The van der Waals surface area contributed by atoms with Crippen molar-refractivity contribution in [3.05, 3.63) is 0 Å². The Morgan fingerprint density at radius 1 is 1.23 bits per heavy atom. The molecule has 0 aromatic rings. The van der Waals surface area contributed by atoms with Crippen molar-refractivity contribution in [1.82, 2.24) is 15.5 Å². The SMILES string of the molecule is CC1CNCCN1C1CCCCN1. The van der Waals surface area contributed by atoms with Crippen molar-refractivity contribution in [2.24, 2.45) is 0 Å². The predicted molar refractivity (Wildman–Crippen MR) is 54.7 cm³/mol. The number of hydrogen-bond acceptors (Lipinski definition) is 3. The first-order valence-electron chi connectivity index (χ1n) is 5.58. The highest BCUT2D eigenvalue weighted by molar-refractivity contribution is 4.82. The van der Waals surface area contributed by atoms with Gasteiger partial charge in [-0.1, -0.05) is 0 Å². The summed E-state index contributed by atoms with van der Waals surface area (Å²) in [7, 11) is 0. The quantitative estimate of drug-likeness (QED) is 0.615. The molecule has 2 heterocycles. The van der Waals surface area contributed by atoms with Crippen molar-refractivity contribution in [1.29, 1.82) is 0 Å².